The number of halogens is 1. The Morgan fingerprint density at radius 1 is 1.44 bits per heavy atom. The number of rotatable bonds is 4. The molecule has 16 heavy (non-hydrogen) atoms. The van der Waals surface area contributed by atoms with Crippen molar-refractivity contribution in [3.05, 3.63) is 35.1 Å². The first-order chi connectivity index (χ1) is 7.52. The molecule has 0 atom stereocenters. The van der Waals surface area contributed by atoms with E-state index >= 15 is 0 Å². The Labute approximate surface area is 95.3 Å². The van der Waals surface area contributed by atoms with Crippen LogP contribution in [0.1, 0.15) is 15.9 Å². The van der Waals surface area contributed by atoms with Crippen molar-refractivity contribution in [1.82, 2.24) is 10.2 Å². The quantitative estimate of drug-likeness (QED) is 0.839. The molecular weight excluding hydrogens is 207 g/mol. The second-order valence-corrected chi connectivity index (χ2v) is 4.00. The second-order valence-electron chi connectivity index (χ2n) is 4.00. The maximum atomic E-state index is 13.6. The molecule has 0 fully saturated rings. The number of hydrogen-bond acceptors (Lipinski definition) is 2. The third kappa shape index (κ3) is 3.31. The molecule has 0 saturated carbocycles. The number of nitrogens with one attached hydrogen (secondary N) is 1. The summed E-state index contributed by atoms with van der Waals surface area (Å²) in [5.74, 6) is -0.798. The highest BCUT2D eigenvalue weighted by molar-refractivity contribution is 5.94. The lowest BCUT2D eigenvalue weighted by atomic mass is 10.1. The van der Waals surface area contributed by atoms with E-state index in [1.807, 2.05) is 19.0 Å². The van der Waals surface area contributed by atoms with E-state index in [0.717, 1.165) is 6.54 Å². The molecule has 4 heteroatoms. The molecule has 1 rings (SSSR count). The van der Waals surface area contributed by atoms with Gasteiger partial charge >= 0.3 is 0 Å². The van der Waals surface area contributed by atoms with E-state index in [1.54, 1.807) is 19.1 Å². The largest absolute Gasteiger partial charge is 0.351 e. The second kappa shape index (κ2) is 5.61. The summed E-state index contributed by atoms with van der Waals surface area (Å²) in [5, 5.41) is 2.68. The average Bonchev–Trinajstić information content (AvgIpc) is 2.21. The summed E-state index contributed by atoms with van der Waals surface area (Å²) in [6.07, 6.45) is 0. The molecule has 3 nitrogen and oxygen atoms in total. The number of aryl methyl sites for hydroxylation is 1. The fraction of sp³-hybridized carbons (Fsp3) is 0.417. The number of likely N-dealkylation sites (N-methyl/N-ethyl adjacent to an activating group) is 1. The van der Waals surface area contributed by atoms with E-state index in [9.17, 15) is 9.18 Å². The average molecular weight is 224 g/mol. The van der Waals surface area contributed by atoms with Crippen molar-refractivity contribution in [3.63, 3.8) is 0 Å². The van der Waals surface area contributed by atoms with Gasteiger partial charge in [-0.2, -0.15) is 0 Å². The van der Waals surface area contributed by atoms with Crippen LogP contribution in [0.2, 0.25) is 0 Å². The number of nitrogens with zero attached hydrogens (tertiary/aromatic N) is 1. The van der Waals surface area contributed by atoms with E-state index in [4.69, 9.17) is 0 Å². The van der Waals surface area contributed by atoms with Crippen molar-refractivity contribution in [1.29, 1.82) is 0 Å². The zero-order valence-electron chi connectivity index (χ0n) is 9.88. The Bertz CT molecular complexity index is 377. The van der Waals surface area contributed by atoms with Crippen molar-refractivity contribution >= 4 is 5.91 Å². The third-order valence-electron chi connectivity index (χ3n) is 2.28. The molecule has 0 saturated heterocycles. The minimum absolute atomic E-state index is 0.110. The molecule has 0 aromatic heterocycles. The van der Waals surface area contributed by atoms with Gasteiger partial charge in [-0.3, -0.25) is 4.79 Å². The van der Waals surface area contributed by atoms with E-state index in [0.29, 0.717) is 12.1 Å². The highest BCUT2D eigenvalue weighted by Gasteiger charge is 2.12. The summed E-state index contributed by atoms with van der Waals surface area (Å²) in [5.41, 5.74) is 0.596. The van der Waals surface area contributed by atoms with E-state index in [1.165, 1.54) is 6.07 Å². The van der Waals surface area contributed by atoms with Crippen molar-refractivity contribution in [2.45, 2.75) is 6.92 Å². The molecule has 0 unspecified atom stereocenters. The zero-order valence-corrected chi connectivity index (χ0v) is 9.88. The Morgan fingerprint density at radius 2 is 2.12 bits per heavy atom. The normalized spacial score (nSPS) is 10.6. The topological polar surface area (TPSA) is 32.3 Å². The number of amides is 1. The number of carbonyl (C=O) groups is 1. The van der Waals surface area contributed by atoms with Gasteiger partial charge in [-0.25, -0.2) is 4.39 Å². The molecule has 0 spiro atoms. The van der Waals surface area contributed by atoms with Gasteiger partial charge in [-0.05, 0) is 32.6 Å². The van der Waals surface area contributed by atoms with Crippen LogP contribution >= 0.6 is 0 Å². The maximum Gasteiger partial charge on any atom is 0.254 e. The van der Waals surface area contributed by atoms with Crippen LogP contribution in [0.4, 0.5) is 4.39 Å². The van der Waals surface area contributed by atoms with Gasteiger partial charge in [0.25, 0.3) is 5.91 Å². The minimum Gasteiger partial charge on any atom is -0.351 e. The van der Waals surface area contributed by atoms with Crippen LogP contribution in [0.5, 0.6) is 0 Å². The van der Waals surface area contributed by atoms with Crippen LogP contribution in [0, 0.1) is 12.7 Å². The monoisotopic (exact) mass is 224 g/mol. The first-order valence-electron chi connectivity index (χ1n) is 5.20. The molecular formula is C12H17FN2O. The van der Waals surface area contributed by atoms with Gasteiger partial charge in [0.2, 0.25) is 0 Å². The zero-order chi connectivity index (χ0) is 12.1. The lowest BCUT2D eigenvalue weighted by Gasteiger charge is -2.11. The van der Waals surface area contributed by atoms with Gasteiger partial charge in [0.05, 0.1) is 5.56 Å². The standard InChI is InChI=1S/C12H17FN2O/c1-9-5-4-6-10(11(9)13)12(16)14-7-8-15(2)3/h4-6H,7-8H2,1-3H3,(H,14,16). The lowest BCUT2D eigenvalue weighted by Crippen LogP contribution is -2.31. The van der Waals surface area contributed by atoms with Gasteiger partial charge in [-0.15, -0.1) is 0 Å². The van der Waals surface area contributed by atoms with Crippen LogP contribution in [-0.4, -0.2) is 38.0 Å². The predicted octanol–water partition coefficient (Wildman–Crippen LogP) is 1.43. The van der Waals surface area contributed by atoms with E-state index in [-0.39, 0.29) is 11.5 Å². The van der Waals surface area contributed by atoms with Gasteiger partial charge in [0, 0.05) is 13.1 Å². The Kier molecular flexibility index (Phi) is 4.43. The summed E-state index contributed by atoms with van der Waals surface area (Å²) in [4.78, 5) is 13.6. The predicted molar refractivity (Wildman–Crippen MR) is 62.0 cm³/mol. The Morgan fingerprint density at radius 3 is 2.75 bits per heavy atom. The van der Waals surface area contributed by atoms with Crippen LogP contribution < -0.4 is 5.32 Å². The summed E-state index contributed by atoms with van der Waals surface area (Å²) in [6.45, 7) is 2.89. The third-order valence-corrected chi connectivity index (χ3v) is 2.28. The highest BCUT2D eigenvalue weighted by atomic mass is 19.1. The van der Waals surface area contributed by atoms with Gasteiger partial charge in [-0.1, -0.05) is 12.1 Å². The van der Waals surface area contributed by atoms with E-state index < -0.39 is 5.82 Å². The lowest BCUT2D eigenvalue weighted by molar-refractivity contribution is 0.0947. The van der Waals surface area contributed by atoms with E-state index in [2.05, 4.69) is 5.32 Å². The highest BCUT2D eigenvalue weighted by Crippen LogP contribution is 2.11. The molecule has 0 bridgehead atoms. The molecule has 0 aliphatic heterocycles. The maximum absolute atomic E-state index is 13.6. The summed E-state index contributed by atoms with van der Waals surface area (Å²) >= 11 is 0. The van der Waals surface area contributed by atoms with Crippen molar-refractivity contribution in [2.24, 2.45) is 0 Å². The molecule has 0 aliphatic rings. The molecule has 1 aromatic rings. The minimum atomic E-state index is -0.440. The molecule has 0 heterocycles. The van der Waals surface area contributed by atoms with Crippen molar-refractivity contribution < 1.29 is 9.18 Å². The van der Waals surface area contributed by atoms with Gasteiger partial charge in [0.15, 0.2) is 0 Å². The molecule has 1 amide bonds. The van der Waals surface area contributed by atoms with Crippen LogP contribution in [0.15, 0.2) is 18.2 Å². The van der Waals surface area contributed by atoms with Crippen molar-refractivity contribution in [2.75, 3.05) is 27.2 Å². The number of carbonyl (C=O) groups excluding carboxylic acids is 1. The molecule has 1 N–H and O–H groups in total. The van der Waals surface area contributed by atoms with Gasteiger partial charge in [0.1, 0.15) is 5.82 Å². The Balaban J connectivity index is 2.63. The molecule has 88 valence electrons. The molecule has 1 aromatic carbocycles. The number of benzene rings is 1. The SMILES string of the molecule is Cc1cccc(C(=O)NCCN(C)C)c1F. The van der Waals surface area contributed by atoms with Crippen molar-refractivity contribution in [3.8, 4) is 0 Å². The fourth-order valence-electron chi connectivity index (χ4n) is 1.31. The molecule has 0 radical (unpaired) electrons. The summed E-state index contributed by atoms with van der Waals surface area (Å²) < 4.78 is 13.6. The number of hydrogen-bond donors (Lipinski definition) is 1. The Hall–Kier alpha value is -1.42. The van der Waals surface area contributed by atoms with Crippen LogP contribution in [0.3, 0.4) is 0 Å². The first-order valence-corrected chi connectivity index (χ1v) is 5.20. The fourth-order valence-corrected chi connectivity index (χ4v) is 1.31. The smallest absolute Gasteiger partial charge is 0.254 e. The summed E-state index contributed by atoms with van der Waals surface area (Å²) in [7, 11) is 3.83. The summed E-state index contributed by atoms with van der Waals surface area (Å²) in [6, 6.07) is 4.82. The van der Waals surface area contributed by atoms with Crippen LogP contribution in [-0.2, 0) is 0 Å². The van der Waals surface area contributed by atoms with Gasteiger partial charge < -0.3 is 10.2 Å². The molecule has 0 aliphatic carbocycles. The van der Waals surface area contributed by atoms with Crippen LogP contribution in [0.25, 0.3) is 0 Å². The first kappa shape index (κ1) is 12.6.